The number of benzene rings is 3. The van der Waals surface area contributed by atoms with Crippen molar-refractivity contribution in [3.63, 3.8) is 0 Å². The molecular formula is C29H27NO2. The molecule has 32 heavy (non-hydrogen) atoms. The second-order valence-electron chi connectivity index (χ2n) is 8.16. The van der Waals surface area contributed by atoms with E-state index >= 15 is 0 Å². The van der Waals surface area contributed by atoms with Gasteiger partial charge in [-0.25, -0.2) is 0 Å². The van der Waals surface area contributed by atoms with E-state index in [0.717, 1.165) is 62.9 Å². The van der Waals surface area contributed by atoms with Gasteiger partial charge in [-0.05, 0) is 54.2 Å². The maximum absolute atomic E-state index is 6.60. The van der Waals surface area contributed by atoms with Crippen molar-refractivity contribution >= 4 is 21.9 Å². The zero-order valence-electron chi connectivity index (χ0n) is 18.8. The van der Waals surface area contributed by atoms with Gasteiger partial charge in [0.15, 0.2) is 0 Å². The van der Waals surface area contributed by atoms with Crippen LogP contribution in [0.15, 0.2) is 83.4 Å². The maximum atomic E-state index is 6.60. The van der Waals surface area contributed by atoms with Crippen molar-refractivity contribution in [3.05, 3.63) is 84.6 Å². The molecule has 0 spiro atoms. The summed E-state index contributed by atoms with van der Waals surface area (Å²) < 4.78 is 12.3. The fraction of sp³-hybridized carbons (Fsp3) is 0.207. The lowest BCUT2D eigenvalue weighted by atomic mass is 9.93. The lowest BCUT2D eigenvalue weighted by molar-refractivity contribution is 0.420. The third kappa shape index (κ3) is 3.34. The Labute approximate surface area is 188 Å². The zero-order valence-corrected chi connectivity index (χ0v) is 18.8. The molecule has 0 bridgehead atoms. The van der Waals surface area contributed by atoms with Crippen LogP contribution in [-0.2, 0) is 0 Å². The highest BCUT2D eigenvalue weighted by molar-refractivity contribution is 6.15. The molecule has 0 saturated carbocycles. The van der Waals surface area contributed by atoms with Gasteiger partial charge in [-0.1, -0.05) is 62.4 Å². The van der Waals surface area contributed by atoms with E-state index in [0.29, 0.717) is 5.92 Å². The number of fused-ring (bicyclic) bond motifs is 3. The number of methoxy groups -OCH3 is 1. The minimum atomic E-state index is 0.533. The minimum absolute atomic E-state index is 0.533. The average molecular weight is 422 g/mol. The van der Waals surface area contributed by atoms with Crippen molar-refractivity contribution < 1.29 is 9.15 Å². The van der Waals surface area contributed by atoms with Crippen molar-refractivity contribution in [1.29, 1.82) is 0 Å². The Balaban J connectivity index is 1.79. The average Bonchev–Trinajstić information content (AvgIpc) is 3.25. The summed E-state index contributed by atoms with van der Waals surface area (Å²) in [5.74, 6) is 1.34. The fourth-order valence-corrected chi connectivity index (χ4v) is 4.70. The first-order chi connectivity index (χ1) is 15.7. The van der Waals surface area contributed by atoms with Gasteiger partial charge in [0.25, 0.3) is 0 Å². The smallest absolute Gasteiger partial charge is 0.148 e. The zero-order chi connectivity index (χ0) is 22.1. The van der Waals surface area contributed by atoms with Crippen molar-refractivity contribution in [1.82, 2.24) is 4.98 Å². The number of aromatic nitrogens is 1. The number of nitrogens with zero attached hydrogens (tertiary/aromatic N) is 1. The number of pyridine rings is 1. The molecule has 3 aromatic carbocycles. The van der Waals surface area contributed by atoms with Gasteiger partial charge >= 0.3 is 0 Å². The first kappa shape index (κ1) is 20.3. The first-order valence-electron chi connectivity index (χ1n) is 11.3. The quantitative estimate of drug-likeness (QED) is 0.277. The Bertz CT molecular complexity index is 1380. The summed E-state index contributed by atoms with van der Waals surface area (Å²) in [5.41, 5.74) is 7.14. The molecule has 0 saturated heterocycles. The minimum Gasteiger partial charge on any atom is -0.496 e. The van der Waals surface area contributed by atoms with E-state index in [2.05, 4.69) is 74.5 Å². The van der Waals surface area contributed by atoms with Crippen LogP contribution in [0, 0.1) is 0 Å². The lowest BCUT2D eigenvalue weighted by Gasteiger charge is -2.14. The molecule has 0 fully saturated rings. The van der Waals surface area contributed by atoms with E-state index in [1.165, 1.54) is 5.56 Å². The second-order valence-corrected chi connectivity index (χ2v) is 8.16. The fourth-order valence-electron chi connectivity index (χ4n) is 4.70. The molecule has 160 valence electrons. The van der Waals surface area contributed by atoms with Crippen LogP contribution < -0.4 is 4.74 Å². The Morgan fingerprint density at radius 2 is 1.66 bits per heavy atom. The molecule has 0 aliphatic heterocycles. The van der Waals surface area contributed by atoms with Gasteiger partial charge in [0.05, 0.1) is 18.2 Å². The Hall–Kier alpha value is -3.59. The number of rotatable bonds is 6. The summed E-state index contributed by atoms with van der Waals surface area (Å²) in [4.78, 5) is 4.72. The highest BCUT2D eigenvalue weighted by Crippen LogP contribution is 2.43. The number of para-hydroxylation sites is 1. The topological polar surface area (TPSA) is 35.3 Å². The van der Waals surface area contributed by atoms with Crippen LogP contribution >= 0.6 is 0 Å². The van der Waals surface area contributed by atoms with Crippen LogP contribution in [0.2, 0.25) is 0 Å². The molecule has 2 heterocycles. The van der Waals surface area contributed by atoms with E-state index in [9.17, 15) is 0 Å². The van der Waals surface area contributed by atoms with E-state index in [1.807, 2.05) is 18.3 Å². The second kappa shape index (κ2) is 8.51. The molecule has 0 aliphatic carbocycles. The van der Waals surface area contributed by atoms with Crippen molar-refractivity contribution in [2.75, 3.05) is 7.11 Å². The molecule has 5 aromatic rings. The van der Waals surface area contributed by atoms with E-state index in [-0.39, 0.29) is 0 Å². The van der Waals surface area contributed by atoms with Crippen LogP contribution in [-0.4, -0.2) is 12.1 Å². The van der Waals surface area contributed by atoms with Gasteiger partial charge < -0.3 is 9.15 Å². The number of ether oxygens (including phenoxy) is 1. The van der Waals surface area contributed by atoms with Gasteiger partial charge in [-0.15, -0.1) is 0 Å². The molecular weight excluding hydrogens is 394 g/mol. The SMILES string of the molecule is CCC(CC)c1ccnc(-c2ccc(OC)c3c2oc2c(-c4ccccc4)cccc23)c1. The summed E-state index contributed by atoms with van der Waals surface area (Å²) in [6.07, 6.45) is 4.14. The molecule has 0 atom stereocenters. The summed E-state index contributed by atoms with van der Waals surface area (Å²) in [5, 5.41) is 2.05. The van der Waals surface area contributed by atoms with Crippen molar-refractivity contribution in [3.8, 4) is 28.1 Å². The summed E-state index contributed by atoms with van der Waals surface area (Å²) in [6, 6.07) is 25.1. The summed E-state index contributed by atoms with van der Waals surface area (Å²) >= 11 is 0. The maximum Gasteiger partial charge on any atom is 0.148 e. The normalized spacial score (nSPS) is 11.5. The third-order valence-electron chi connectivity index (χ3n) is 6.43. The highest BCUT2D eigenvalue weighted by atomic mass is 16.5. The van der Waals surface area contributed by atoms with Crippen LogP contribution in [0.5, 0.6) is 5.75 Å². The molecule has 3 heteroatoms. The van der Waals surface area contributed by atoms with E-state index in [1.54, 1.807) is 7.11 Å². The van der Waals surface area contributed by atoms with Gasteiger partial charge in [-0.3, -0.25) is 4.98 Å². The summed E-state index contributed by atoms with van der Waals surface area (Å²) in [6.45, 7) is 4.48. The molecule has 0 amide bonds. The van der Waals surface area contributed by atoms with Gasteiger partial charge in [0, 0.05) is 22.7 Å². The lowest BCUT2D eigenvalue weighted by Crippen LogP contribution is -1.97. The Morgan fingerprint density at radius 3 is 2.41 bits per heavy atom. The molecule has 0 radical (unpaired) electrons. The predicted molar refractivity (Wildman–Crippen MR) is 132 cm³/mol. The van der Waals surface area contributed by atoms with Crippen LogP contribution in [0.1, 0.15) is 38.2 Å². The number of hydrogen-bond donors (Lipinski definition) is 0. The molecule has 0 N–H and O–H groups in total. The van der Waals surface area contributed by atoms with E-state index in [4.69, 9.17) is 14.1 Å². The number of hydrogen-bond acceptors (Lipinski definition) is 3. The van der Waals surface area contributed by atoms with Crippen LogP contribution in [0.4, 0.5) is 0 Å². The van der Waals surface area contributed by atoms with Gasteiger partial charge in [0.2, 0.25) is 0 Å². The third-order valence-corrected chi connectivity index (χ3v) is 6.43. The van der Waals surface area contributed by atoms with Crippen LogP contribution in [0.25, 0.3) is 44.3 Å². The molecule has 3 nitrogen and oxygen atoms in total. The molecule has 5 rings (SSSR count). The highest BCUT2D eigenvalue weighted by Gasteiger charge is 2.20. The predicted octanol–water partition coefficient (Wildman–Crippen LogP) is 8.23. The number of furan rings is 1. The van der Waals surface area contributed by atoms with Gasteiger partial charge in [-0.2, -0.15) is 0 Å². The van der Waals surface area contributed by atoms with Crippen LogP contribution in [0.3, 0.4) is 0 Å². The van der Waals surface area contributed by atoms with E-state index < -0.39 is 0 Å². The Kier molecular flexibility index (Phi) is 5.40. The first-order valence-corrected chi connectivity index (χ1v) is 11.3. The molecule has 0 aliphatic rings. The molecule has 0 unspecified atom stereocenters. The van der Waals surface area contributed by atoms with Crippen molar-refractivity contribution in [2.24, 2.45) is 0 Å². The Morgan fingerprint density at radius 1 is 0.844 bits per heavy atom. The van der Waals surface area contributed by atoms with Gasteiger partial charge in [0.1, 0.15) is 16.9 Å². The molecule has 2 aromatic heterocycles. The monoisotopic (exact) mass is 421 g/mol. The largest absolute Gasteiger partial charge is 0.496 e. The van der Waals surface area contributed by atoms with Crippen molar-refractivity contribution in [2.45, 2.75) is 32.6 Å². The summed E-state index contributed by atoms with van der Waals surface area (Å²) in [7, 11) is 1.71. The standard InChI is InChI=1S/C29H27NO2/c1-4-19(5-2)21-16-17-30-25(18-21)23-14-15-26(31-3)27-24-13-9-12-22(28(24)32-29(23)27)20-10-7-6-8-11-20/h6-19H,4-5H2,1-3H3.